The topological polar surface area (TPSA) is 71.1 Å². The third kappa shape index (κ3) is 4.13. The number of anilines is 2. The molecule has 0 aliphatic carbocycles. The Labute approximate surface area is 152 Å². The van der Waals surface area contributed by atoms with Gasteiger partial charge in [0.15, 0.2) is 0 Å². The van der Waals surface area contributed by atoms with Crippen LogP contribution in [0.3, 0.4) is 0 Å². The van der Waals surface area contributed by atoms with E-state index < -0.39 is 0 Å². The smallest absolute Gasteiger partial charge is 0.274 e. The average molecular weight is 345 g/mol. The maximum atomic E-state index is 12.5. The Balaban J connectivity index is 1.76. The van der Waals surface area contributed by atoms with Gasteiger partial charge in [0.2, 0.25) is 0 Å². The summed E-state index contributed by atoms with van der Waals surface area (Å²) in [4.78, 5) is 28.9. The molecule has 5 heteroatoms. The fourth-order valence-electron chi connectivity index (χ4n) is 2.56. The lowest BCUT2D eigenvalue weighted by atomic mass is 10.1. The lowest BCUT2D eigenvalue weighted by molar-refractivity contribution is 0.102. The zero-order chi connectivity index (χ0) is 18.5. The fourth-order valence-corrected chi connectivity index (χ4v) is 2.56. The van der Waals surface area contributed by atoms with Crippen molar-refractivity contribution >= 4 is 23.2 Å². The van der Waals surface area contributed by atoms with Crippen LogP contribution >= 0.6 is 0 Å². The molecule has 26 heavy (non-hydrogen) atoms. The Morgan fingerprint density at radius 1 is 0.846 bits per heavy atom. The lowest BCUT2D eigenvalue weighted by Gasteiger charge is -2.10. The second-order valence-electron chi connectivity index (χ2n) is 6.02. The average Bonchev–Trinajstić information content (AvgIpc) is 2.65. The van der Waals surface area contributed by atoms with Gasteiger partial charge in [0, 0.05) is 23.1 Å². The highest BCUT2D eigenvalue weighted by Crippen LogP contribution is 2.17. The quantitative estimate of drug-likeness (QED) is 0.744. The number of carbonyl (C=O) groups is 2. The zero-order valence-electron chi connectivity index (χ0n) is 14.6. The van der Waals surface area contributed by atoms with Crippen LogP contribution in [-0.2, 0) is 0 Å². The third-order valence-corrected chi connectivity index (χ3v) is 3.92. The van der Waals surface area contributed by atoms with E-state index in [9.17, 15) is 9.59 Å². The molecule has 0 aliphatic rings. The number of para-hydroxylation sites is 1. The van der Waals surface area contributed by atoms with Crippen molar-refractivity contribution in [3.63, 3.8) is 0 Å². The number of pyridine rings is 1. The van der Waals surface area contributed by atoms with E-state index in [2.05, 4.69) is 15.6 Å². The van der Waals surface area contributed by atoms with Crippen LogP contribution < -0.4 is 10.6 Å². The Morgan fingerprint density at radius 2 is 1.62 bits per heavy atom. The van der Waals surface area contributed by atoms with Crippen molar-refractivity contribution in [1.29, 1.82) is 0 Å². The fraction of sp³-hybridized carbons (Fsp3) is 0.0952. The van der Waals surface area contributed by atoms with Gasteiger partial charge in [-0.25, -0.2) is 0 Å². The van der Waals surface area contributed by atoms with Crippen molar-refractivity contribution in [3.05, 3.63) is 89.2 Å². The van der Waals surface area contributed by atoms with Gasteiger partial charge in [-0.15, -0.1) is 0 Å². The van der Waals surface area contributed by atoms with Crippen molar-refractivity contribution in [2.75, 3.05) is 10.6 Å². The van der Waals surface area contributed by atoms with Gasteiger partial charge in [-0.2, -0.15) is 0 Å². The van der Waals surface area contributed by atoms with E-state index >= 15 is 0 Å². The van der Waals surface area contributed by atoms with Gasteiger partial charge in [0.25, 0.3) is 11.8 Å². The van der Waals surface area contributed by atoms with E-state index in [1.165, 1.54) is 12.3 Å². The molecule has 1 aromatic heterocycles. The second kappa shape index (κ2) is 7.61. The predicted molar refractivity (Wildman–Crippen MR) is 103 cm³/mol. The molecule has 1 heterocycles. The molecule has 0 unspecified atom stereocenters. The number of nitrogens with zero attached hydrogens (tertiary/aromatic N) is 1. The highest BCUT2D eigenvalue weighted by atomic mass is 16.2. The van der Waals surface area contributed by atoms with E-state index in [-0.39, 0.29) is 17.5 Å². The lowest BCUT2D eigenvalue weighted by Crippen LogP contribution is -2.17. The van der Waals surface area contributed by atoms with Gasteiger partial charge in [-0.05, 0) is 49.7 Å². The van der Waals surface area contributed by atoms with Crippen LogP contribution in [0, 0.1) is 13.8 Å². The van der Waals surface area contributed by atoms with Crippen molar-refractivity contribution in [3.8, 4) is 0 Å². The Morgan fingerprint density at radius 3 is 2.35 bits per heavy atom. The maximum absolute atomic E-state index is 12.5. The molecule has 2 amide bonds. The summed E-state index contributed by atoms with van der Waals surface area (Å²) in [6.07, 6.45) is 1.46. The standard InChI is InChI=1S/C21H19N3O2/c1-14-8-9-18(15(2)12-14)24-20(25)16-10-11-22-19(13-16)21(26)23-17-6-4-3-5-7-17/h3-13H,1-2H3,(H,23,26)(H,24,25). The van der Waals surface area contributed by atoms with Gasteiger partial charge in [0.1, 0.15) is 5.69 Å². The van der Waals surface area contributed by atoms with E-state index in [1.54, 1.807) is 18.2 Å². The summed E-state index contributed by atoms with van der Waals surface area (Å²) in [6.45, 7) is 3.94. The Hall–Kier alpha value is -3.47. The Kier molecular flexibility index (Phi) is 5.08. The third-order valence-electron chi connectivity index (χ3n) is 3.92. The molecule has 2 N–H and O–H groups in total. The first-order valence-corrected chi connectivity index (χ1v) is 8.24. The number of hydrogen-bond acceptors (Lipinski definition) is 3. The molecule has 0 saturated heterocycles. The summed E-state index contributed by atoms with van der Waals surface area (Å²) in [5, 5.41) is 5.63. The number of nitrogens with one attached hydrogen (secondary N) is 2. The van der Waals surface area contributed by atoms with Crippen LogP contribution in [0.4, 0.5) is 11.4 Å². The normalized spacial score (nSPS) is 10.2. The van der Waals surface area contributed by atoms with Crippen molar-refractivity contribution < 1.29 is 9.59 Å². The number of aromatic nitrogens is 1. The van der Waals surface area contributed by atoms with Crippen LogP contribution in [0.2, 0.25) is 0 Å². The molecular weight excluding hydrogens is 326 g/mol. The van der Waals surface area contributed by atoms with Crippen LogP contribution in [0.5, 0.6) is 0 Å². The van der Waals surface area contributed by atoms with Gasteiger partial charge in [-0.1, -0.05) is 35.9 Å². The monoisotopic (exact) mass is 345 g/mol. The van der Waals surface area contributed by atoms with E-state index in [0.717, 1.165) is 16.8 Å². The molecule has 3 aromatic rings. The summed E-state index contributed by atoms with van der Waals surface area (Å²) in [7, 11) is 0. The van der Waals surface area contributed by atoms with Crippen LogP contribution in [0.25, 0.3) is 0 Å². The van der Waals surface area contributed by atoms with E-state index in [4.69, 9.17) is 0 Å². The van der Waals surface area contributed by atoms with Gasteiger partial charge in [0.05, 0.1) is 0 Å². The molecule has 0 aliphatic heterocycles. The van der Waals surface area contributed by atoms with Gasteiger partial charge >= 0.3 is 0 Å². The second-order valence-corrected chi connectivity index (χ2v) is 6.02. The van der Waals surface area contributed by atoms with Crippen molar-refractivity contribution in [1.82, 2.24) is 4.98 Å². The molecule has 130 valence electrons. The molecule has 0 radical (unpaired) electrons. The maximum Gasteiger partial charge on any atom is 0.274 e. The molecule has 0 atom stereocenters. The molecule has 0 bridgehead atoms. The molecule has 5 nitrogen and oxygen atoms in total. The number of rotatable bonds is 4. The molecule has 0 fully saturated rings. The minimum Gasteiger partial charge on any atom is -0.322 e. The highest BCUT2D eigenvalue weighted by Gasteiger charge is 2.13. The van der Waals surface area contributed by atoms with E-state index in [1.807, 2.05) is 50.2 Å². The minimum atomic E-state index is -0.364. The summed E-state index contributed by atoms with van der Waals surface area (Å²) < 4.78 is 0. The van der Waals surface area contributed by atoms with Crippen molar-refractivity contribution in [2.45, 2.75) is 13.8 Å². The summed E-state index contributed by atoms with van der Waals surface area (Å²) >= 11 is 0. The number of carbonyl (C=O) groups excluding carboxylic acids is 2. The Bertz CT molecular complexity index is 952. The van der Waals surface area contributed by atoms with E-state index in [0.29, 0.717) is 11.3 Å². The predicted octanol–water partition coefficient (Wildman–Crippen LogP) is 4.20. The number of benzene rings is 2. The summed E-state index contributed by atoms with van der Waals surface area (Å²) in [6, 6.07) is 18.0. The molecule has 0 saturated carbocycles. The first-order chi connectivity index (χ1) is 12.5. The first-order valence-electron chi connectivity index (χ1n) is 8.24. The minimum absolute atomic E-state index is 0.183. The number of amides is 2. The van der Waals surface area contributed by atoms with Crippen LogP contribution in [0.15, 0.2) is 66.9 Å². The number of hydrogen-bond donors (Lipinski definition) is 2. The molecule has 3 rings (SSSR count). The first kappa shape index (κ1) is 17.4. The number of aryl methyl sites for hydroxylation is 2. The molecular formula is C21H19N3O2. The van der Waals surface area contributed by atoms with Crippen molar-refractivity contribution in [2.24, 2.45) is 0 Å². The highest BCUT2D eigenvalue weighted by molar-refractivity contribution is 6.08. The van der Waals surface area contributed by atoms with Gasteiger partial charge < -0.3 is 10.6 Å². The molecule has 2 aromatic carbocycles. The SMILES string of the molecule is Cc1ccc(NC(=O)c2ccnc(C(=O)Nc3ccccc3)c2)c(C)c1. The van der Waals surface area contributed by atoms with Crippen LogP contribution in [0.1, 0.15) is 32.0 Å². The van der Waals surface area contributed by atoms with Gasteiger partial charge in [-0.3, -0.25) is 14.6 Å². The summed E-state index contributed by atoms with van der Waals surface area (Å²) in [5.41, 5.74) is 4.08. The summed E-state index contributed by atoms with van der Waals surface area (Å²) in [5.74, 6) is -0.648. The van der Waals surface area contributed by atoms with Crippen LogP contribution in [-0.4, -0.2) is 16.8 Å². The molecule has 0 spiro atoms. The zero-order valence-corrected chi connectivity index (χ0v) is 14.6. The largest absolute Gasteiger partial charge is 0.322 e.